The van der Waals surface area contributed by atoms with E-state index in [1.807, 2.05) is 73.7 Å². The van der Waals surface area contributed by atoms with Gasteiger partial charge in [-0.25, -0.2) is 0 Å². The molecular weight excluding hydrogens is 443 g/mol. The van der Waals surface area contributed by atoms with E-state index >= 15 is 0 Å². The number of carbonyl (C=O) groups excluding carboxylic acids is 2. The van der Waals surface area contributed by atoms with Gasteiger partial charge in [0.15, 0.2) is 0 Å². The zero-order chi connectivity index (χ0) is 22.7. The van der Waals surface area contributed by atoms with Gasteiger partial charge in [0, 0.05) is 27.6 Å². The molecular formula is C26H24Cl2N2O2. The van der Waals surface area contributed by atoms with Gasteiger partial charge in [-0.2, -0.15) is 0 Å². The SMILES string of the molecule is C[C@@H](NC(=O)CC1NC(=O)c2ccccc21)[C@H](Cc1ccc(Cl)cc1)c1ccc(Cl)cc1. The van der Waals surface area contributed by atoms with Gasteiger partial charge in [0.1, 0.15) is 0 Å². The van der Waals surface area contributed by atoms with Crippen LogP contribution >= 0.6 is 23.2 Å². The zero-order valence-electron chi connectivity index (χ0n) is 17.6. The molecule has 2 amide bonds. The van der Waals surface area contributed by atoms with Gasteiger partial charge in [-0.15, -0.1) is 0 Å². The van der Waals surface area contributed by atoms with E-state index in [2.05, 4.69) is 10.6 Å². The standard InChI is InChI=1S/C26H24Cl2N2O2/c1-16(29-25(31)15-24-21-4-2-3-5-22(21)26(32)30-24)23(18-8-12-20(28)13-9-18)14-17-6-10-19(27)11-7-17/h2-13,16,23-24H,14-15H2,1H3,(H,29,31)(H,30,32)/t16-,23+,24?/m1/s1. The molecule has 4 rings (SSSR count). The molecule has 2 N–H and O–H groups in total. The minimum absolute atomic E-state index is 0.0443. The van der Waals surface area contributed by atoms with Crippen LogP contribution in [0.4, 0.5) is 0 Å². The summed E-state index contributed by atoms with van der Waals surface area (Å²) >= 11 is 12.1. The molecule has 0 radical (unpaired) electrons. The highest BCUT2D eigenvalue weighted by atomic mass is 35.5. The highest BCUT2D eigenvalue weighted by Gasteiger charge is 2.30. The number of fused-ring (bicyclic) bond motifs is 1. The first-order valence-corrected chi connectivity index (χ1v) is 11.4. The first-order valence-electron chi connectivity index (χ1n) is 10.6. The van der Waals surface area contributed by atoms with E-state index in [0.717, 1.165) is 23.1 Å². The van der Waals surface area contributed by atoms with Crippen molar-refractivity contribution >= 4 is 35.0 Å². The Labute approximate surface area is 197 Å². The molecule has 0 bridgehead atoms. The summed E-state index contributed by atoms with van der Waals surface area (Å²) in [5.41, 5.74) is 3.74. The van der Waals surface area contributed by atoms with E-state index in [9.17, 15) is 9.59 Å². The number of hydrogen-bond donors (Lipinski definition) is 2. The highest BCUT2D eigenvalue weighted by Crippen LogP contribution is 2.29. The predicted molar refractivity (Wildman–Crippen MR) is 128 cm³/mol. The van der Waals surface area contributed by atoms with Crippen LogP contribution in [0.25, 0.3) is 0 Å². The number of halogens is 2. The van der Waals surface area contributed by atoms with E-state index in [-0.39, 0.29) is 36.2 Å². The Morgan fingerprint density at radius 3 is 2.28 bits per heavy atom. The summed E-state index contributed by atoms with van der Waals surface area (Å²) < 4.78 is 0. The second-order valence-corrected chi connectivity index (χ2v) is 9.04. The topological polar surface area (TPSA) is 58.2 Å². The van der Waals surface area contributed by atoms with Crippen LogP contribution in [-0.4, -0.2) is 17.9 Å². The summed E-state index contributed by atoms with van der Waals surface area (Å²) in [7, 11) is 0. The van der Waals surface area contributed by atoms with Crippen molar-refractivity contribution in [2.75, 3.05) is 0 Å². The lowest BCUT2D eigenvalue weighted by atomic mass is 9.86. The molecule has 1 unspecified atom stereocenters. The lowest BCUT2D eigenvalue weighted by molar-refractivity contribution is -0.122. The number of benzene rings is 3. The van der Waals surface area contributed by atoms with Gasteiger partial charge in [0.05, 0.1) is 12.5 Å². The van der Waals surface area contributed by atoms with Crippen LogP contribution in [0.1, 0.15) is 52.4 Å². The summed E-state index contributed by atoms with van der Waals surface area (Å²) in [5.74, 6) is -0.189. The van der Waals surface area contributed by atoms with Crippen molar-refractivity contribution in [3.8, 4) is 0 Å². The molecule has 1 aliphatic rings. The number of hydrogen-bond acceptors (Lipinski definition) is 2. The minimum atomic E-state index is -0.309. The third-order valence-electron chi connectivity index (χ3n) is 5.93. The monoisotopic (exact) mass is 466 g/mol. The van der Waals surface area contributed by atoms with E-state index in [1.165, 1.54) is 0 Å². The summed E-state index contributed by atoms with van der Waals surface area (Å²) in [4.78, 5) is 25.1. The molecule has 0 aromatic heterocycles. The minimum Gasteiger partial charge on any atom is -0.353 e. The van der Waals surface area contributed by atoms with Crippen LogP contribution < -0.4 is 10.6 Å². The van der Waals surface area contributed by atoms with Crippen molar-refractivity contribution in [3.63, 3.8) is 0 Å². The second-order valence-electron chi connectivity index (χ2n) is 8.16. The predicted octanol–water partition coefficient (Wildman–Crippen LogP) is 5.70. The Morgan fingerprint density at radius 2 is 1.59 bits per heavy atom. The molecule has 164 valence electrons. The molecule has 4 nitrogen and oxygen atoms in total. The fraction of sp³-hybridized carbons (Fsp3) is 0.231. The van der Waals surface area contributed by atoms with Crippen LogP contribution in [0.3, 0.4) is 0 Å². The zero-order valence-corrected chi connectivity index (χ0v) is 19.2. The maximum Gasteiger partial charge on any atom is 0.252 e. The van der Waals surface area contributed by atoms with Gasteiger partial charge in [0.2, 0.25) is 5.91 Å². The molecule has 1 heterocycles. The molecule has 0 saturated carbocycles. The molecule has 3 aromatic carbocycles. The quantitative estimate of drug-likeness (QED) is 0.469. The third kappa shape index (κ3) is 5.14. The third-order valence-corrected chi connectivity index (χ3v) is 6.44. The highest BCUT2D eigenvalue weighted by molar-refractivity contribution is 6.30. The molecule has 0 saturated heterocycles. The van der Waals surface area contributed by atoms with Gasteiger partial charge in [-0.05, 0) is 60.4 Å². The van der Waals surface area contributed by atoms with E-state index in [4.69, 9.17) is 23.2 Å². The molecule has 3 atom stereocenters. The Morgan fingerprint density at radius 1 is 0.969 bits per heavy atom. The first-order chi connectivity index (χ1) is 15.4. The second kappa shape index (κ2) is 9.76. The summed E-state index contributed by atoms with van der Waals surface area (Å²) in [6.07, 6.45) is 0.935. The Kier molecular flexibility index (Phi) is 6.83. The lowest BCUT2D eigenvalue weighted by Gasteiger charge is -2.26. The summed E-state index contributed by atoms with van der Waals surface area (Å²) in [6.45, 7) is 2.01. The van der Waals surface area contributed by atoms with Crippen molar-refractivity contribution in [2.24, 2.45) is 0 Å². The Balaban J connectivity index is 1.48. The van der Waals surface area contributed by atoms with Crippen LogP contribution in [0.5, 0.6) is 0 Å². The van der Waals surface area contributed by atoms with E-state index < -0.39 is 0 Å². The average Bonchev–Trinajstić information content (AvgIpc) is 3.09. The number of amides is 2. The summed E-state index contributed by atoms with van der Waals surface area (Å²) in [5, 5.41) is 7.42. The maximum absolute atomic E-state index is 12.9. The van der Waals surface area contributed by atoms with Crippen LogP contribution in [0.2, 0.25) is 10.0 Å². The smallest absolute Gasteiger partial charge is 0.252 e. The van der Waals surface area contributed by atoms with E-state index in [1.54, 1.807) is 6.07 Å². The van der Waals surface area contributed by atoms with Crippen LogP contribution in [0, 0.1) is 0 Å². The lowest BCUT2D eigenvalue weighted by Crippen LogP contribution is -2.39. The van der Waals surface area contributed by atoms with Crippen molar-refractivity contribution in [1.29, 1.82) is 0 Å². The normalized spacial score (nSPS) is 16.7. The van der Waals surface area contributed by atoms with Gasteiger partial charge < -0.3 is 10.6 Å². The Bertz CT molecular complexity index is 1110. The van der Waals surface area contributed by atoms with Crippen molar-refractivity contribution in [1.82, 2.24) is 10.6 Å². The van der Waals surface area contributed by atoms with Gasteiger partial charge >= 0.3 is 0 Å². The van der Waals surface area contributed by atoms with Gasteiger partial charge in [0.25, 0.3) is 5.91 Å². The molecule has 6 heteroatoms. The van der Waals surface area contributed by atoms with E-state index in [0.29, 0.717) is 15.6 Å². The first kappa shape index (κ1) is 22.4. The van der Waals surface area contributed by atoms with Gasteiger partial charge in [-0.3, -0.25) is 9.59 Å². The van der Waals surface area contributed by atoms with Crippen molar-refractivity contribution < 1.29 is 9.59 Å². The van der Waals surface area contributed by atoms with Crippen LogP contribution in [-0.2, 0) is 11.2 Å². The van der Waals surface area contributed by atoms with Crippen molar-refractivity contribution in [2.45, 2.75) is 37.8 Å². The molecule has 0 fully saturated rings. The Hall–Kier alpha value is -2.82. The summed E-state index contributed by atoms with van der Waals surface area (Å²) in [6, 6.07) is 22.4. The molecule has 3 aromatic rings. The number of carbonyl (C=O) groups is 2. The average molecular weight is 467 g/mol. The largest absolute Gasteiger partial charge is 0.353 e. The fourth-order valence-corrected chi connectivity index (χ4v) is 4.50. The molecule has 0 aliphatic carbocycles. The molecule has 1 aliphatic heterocycles. The van der Waals surface area contributed by atoms with Gasteiger partial charge in [-0.1, -0.05) is 65.7 Å². The maximum atomic E-state index is 12.9. The molecule has 32 heavy (non-hydrogen) atoms. The van der Waals surface area contributed by atoms with Crippen molar-refractivity contribution in [3.05, 3.63) is 105 Å². The number of nitrogens with one attached hydrogen (secondary N) is 2. The number of rotatable bonds is 7. The molecule has 0 spiro atoms. The fourth-order valence-electron chi connectivity index (χ4n) is 4.25. The van der Waals surface area contributed by atoms with Crippen LogP contribution in [0.15, 0.2) is 72.8 Å².